The summed E-state index contributed by atoms with van der Waals surface area (Å²) in [4.78, 5) is 16.0. The van der Waals surface area contributed by atoms with E-state index >= 15 is 0 Å². The average molecular weight is 736 g/mol. The zero-order chi connectivity index (χ0) is 35.7. The number of aromatic nitrogens is 7. The van der Waals surface area contributed by atoms with Crippen molar-refractivity contribution in [2.24, 2.45) is 5.92 Å². The Balaban J connectivity index is 0.998. The lowest BCUT2D eigenvalue weighted by atomic mass is 9.90. The van der Waals surface area contributed by atoms with Crippen LogP contribution in [0.1, 0.15) is 57.9 Å². The van der Waals surface area contributed by atoms with Crippen molar-refractivity contribution >= 4 is 23.2 Å². The van der Waals surface area contributed by atoms with Crippen LogP contribution >= 0.6 is 11.6 Å². The number of halogens is 1. The van der Waals surface area contributed by atoms with Gasteiger partial charge in [-0.2, -0.15) is 5.10 Å². The molecular formula is C37H50ClN9O5. The number of nitrogens with zero attached hydrogens (tertiary/aromatic N) is 8. The highest BCUT2D eigenvalue weighted by Gasteiger charge is 2.39. The van der Waals surface area contributed by atoms with E-state index in [-0.39, 0.29) is 6.10 Å². The van der Waals surface area contributed by atoms with Crippen LogP contribution in [-0.4, -0.2) is 111 Å². The normalized spacial score (nSPS) is 22.6. The summed E-state index contributed by atoms with van der Waals surface area (Å²) in [5.74, 6) is 2.35. The Labute approximate surface area is 310 Å². The molecule has 5 heterocycles. The first-order chi connectivity index (χ1) is 25.5. The lowest BCUT2D eigenvalue weighted by Crippen LogP contribution is -2.44. The number of hydrogen-bond acceptors (Lipinski definition) is 12. The van der Waals surface area contributed by atoms with Gasteiger partial charge in [-0.25, -0.2) is 19.6 Å². The van der Waals surface area contributed by atoms with Gasteiger partial charge in [-0.05, 0) is 69.1 Å². The van der Waals surface area contributed by atoms with Crippen LogP contribution in [0.25, 0.3) is 11.1 Å². The van der Waals surface area contributed by atoms with Gasteiger partial charge in [0.1, 0.15) is 30.2 Å². The van der Waals surface area contributed by atoms with Crippen LogP contribution in [0.4, 0.5) is 11.6 Å². The number of anilines is 2. The molecule has 2 saturated heterocycles. The topological polar surface area (TPSA) is 136 Å². The van der Waals surface area contributed by atoms with Crippen LogP contribution in [0.15, 0.2) is 49.4 Å². The number of methoxy groups -OCH3 is 1. The maximum atomic E-state index is 6.49. The van der Waals surface area contributed by atoms with E-state index in [1.807, 2.05) is 31.3 Å². The molecule has 14 nitrogen and oxygen atoms in total. The van der Waals surface area contributed by atoms with Gasteiger partial charge in [-0.1, -0.05) is 17.7 Å². The molecule has 0 amide bonds. The largest absolute Gasteiger partial charge is 0.487 e. The molecule has 7 rings (SSSR count). The highest BCUT2D eigenvalue weighted by Crippen LogP contribution is 2.39. The predicted molar refractivity (Wildman–Crippen MR) is 196 cm³/mol. The van der Waals surface area contributed by atoms with Gasteiger partial charge < -0.3 is 29.0 Å². The van der Waals surface area contributed by atoms with E-state index in [1.54, 1.807) is 30.5 Å². The number of likely N-dealkylation sites (tertiary alicyclic amines) is 1. The highest BCUT2D eigenvalue weighted by molar-refractivity contribution is 6.32. The molecule has 2 aliphatic heterocycles. The van der Waals surface area contributed by atoms with Gasteiger partial charge in [0.15, 0.2) is 0 Å². The van der Waals surface area contributed by atoms with E-state index < -0.39 is 0 Å². The molecule has 1 aliphatic carbocycles. The predicted octanol–water partition coefficient (Wildman–Crippen LogP) is 5.82. The number of benzene rings is 1. The SMILES string of the molecule is COCCOCCCOc1nn(C2CCC(N3CC4CCOC[C@H]3C4)CC2)cc1Nc1ncc(-c2ccc(Cl)c(O[C@@H](C)Cn3cncn3)c2)cn1. The zero-order valence-corrected chi connectivity index (χ0v) is 30.9. The number of ether oxygens (including phenoxy) is 5. The summed E-state index contributed by atoms with van der Waals surface area (Å²) in [6.45, 7) is 7.73. The fourth-order valence-corrected chi connectivity index (χ4v) is 7.76. The molecule has 3 fully saturated rings. The van der Waals surface area contributed by atoms with Crippen molar-refractivity contribution in [3.8, 4) is 22.8 Å². The minimum Gasteiger partial charge on any atom is -0.487 e. The first kappa shape index (κ1) is 36.5. The standard InChI is InChI=1S/C37H50ClN9O5/c1-26(20-45-25-39-24-42-45)52-35-17-28(4-9-33(35)38)29-18-40-37(41-19-29)43-34-22-47(44-36(34)51-12-3-11-49-15-14-48-2)31-7-5-30(6-8-31)46-21-27-10-13-50-23-32(46)16-27/h4,9,17-19,22,24-27,30-32H,3,5-8,10-16,20-21,23H2,1-2H3,(H,40,41,43)/t26-,27?,30?,31?,32+/m0/s1. The number of nitrogens with one attached hydrogen (secondary N) is 1. The van der Waals surface area contributed by atoms with Gasteiger partial charge in [0.05, 0.1) is 50.2 Å². The van der Waals surface area contributed by atoms with Crippen molar-refractivity contribution in [2.75, 3.05) is 58.6 Å². The Kier molecular flexibility index (Phi) is 12.5. The molecular weight excluding hydrogens is 686 g/mol. The van der Waals surface area contributed by atoms with E-state index in [1.165, 1.54) is 25.7 Å². The van der Waals surface area contributed by atoms with Crippen LogP contribution in [0.3, 0.4) is 0 Å². The van der Waals surface area contributed by atoms with Crippen LogP contribution in [0.5, 0.6) is 11.6 Å². The highest BCUT2D eigenvalue weighted by atomic mass is 35.5. The van der Waals surface area contributed by atoms with Crippen molar-refractivity contribution in [1.82, 2.24) is 39.4 Å². The fourth-order valence-electron chi connectivity index (χ4n) is 7.59. The zero-order valence-electron chi connectivity index (χ0n) is 30.1. The van der Waals surface area contributed by atoms with Gasteiger partial charge >= 0.3 is 0 Å². The van der Waals surface area contributed by atoms with Crippen molar-refractivity contribution in [1.29, 1.82) is 0 Å². The summed E-state index contributed by atoms with van der Waals surface area (Å²) >= 11 is 6.49. The number of hydrogen-bond donors (Lipinski definition) is 1. The summed E-state index contributed by atoms with van der Waals surface area (Å²) < 4.78 is 32.8. The Morgan fingerprint density at radius 3 is 2.65 bits per heavy atom. The summed E-state index contributed by atoms with van der Waals surface area (Å²) in [6.07, 6.45) is 16.3. The summed E-state index contributed by atoms with van der Waals surface area (Å²) in [5.41, 5.74) is 2.46. The Morgan fingerprint density at radius 2 is 1.85 bits per heavy atom. The first-order valence-electron chi connectivity index (χ1n) is 18.5. The lowest BCUT2D eigenvalue weighted by molar-refractivity contribution is 0.0370. The molecule has 3 aromatic heterocycles. The van der Waals surface area contributed by atoms with E-state index in [2.05, 4.69) is 34.9 Å². The molecule has 1 aromatic carbocycles. The van der Waals surface area contributed by atoms with Gasteiger partial charge in [-0.3, -0.25) is 9.58 Å². The molecule has 0 spiro atoms. The van der Waals surface area contributed by atoms with E-state index in [0.717, 1.165) is 68.1 Å². The minimum absolute atomic E-state index is 0.169. The van der Waals surface area contributed by atoms with Crippen molar-refractivity contribution in [3.63, 3.8) is 0 Å². The smallest absolute Gasteiger partial charge is 0.256 e. The Hall–Kier alpha value is -3.82. The molecule has 0 radical (unpaired) electrons. The third-order valence-electron chi connectivity index (χ3n) is 10.2. The molecule has 15 heteroatoms. The molecule has 3 aliphatic rings. The maximum Gasteiger partial charge on any atom is 0.256 e. The van der Waals surface area contributed by atoms with Gasteiger partial charge in [-0.15, -0.1) is 5.10 Å². The summed E-state index contributed by atoms with van der Waals surface area (Å²) in [7, 11) is 1.67. The number of rotatable bonds is 17. The molecule has 1 saturated carbocycles. The molecule has 3 atom stereocenters. The fraction of sp³-hybridized carbons (Fsp3) is 0.595. The quantitative estimate of drug-likeness (QED) is 0.131. The second-order valence-electron chi connectivity index (χ2n) is 14.0. The molecule has 1 unspecified atom stereocenters. The maximum absolute atomic E-state index is 6.49. The van der Waals surface area contributed by atoms with Crippen LogP contribution in [0.2, 0.25) is 5.02 Å². The third-order valence-corrected chi connectivity index (χ3v) is 10.5. The molecule has 2 bridgehead atoms. The van der Waals surface area contributed by atoms with Gasteiger partial charge in [0.25, 0.3) is 5.88 Å². The molecule has 280 valence electrons. The van der Waals surface area contributed by atoms with Crippen molar-refractivity contribution in [3.05, 3.63) is 54.5 Å². The van der Waals surface area contributed by atoms with E-state index in [4.69, 9.17) is 40.4 Å². The second-order valence-corrected chi connectivity index (χ2v) is 14.4. The van der Waals surface area contributed by atoms with Crippen LogP contribution in [0, 0.1) is 5.92 Å². The van der Waals surface area contributed by atoms with Gasteiger partial charge in [0, 0.05) is 63.3 Å². The van der Waals surface area contributed by atoms with Gasteiger partial charge in [0.2, 0.25) is 5.95 Å². The van der Waals surface area contributed by atoms with Crippen LogP contribution < -0.4 is 14.8 Å². The van der Waals surface area contributed by atoms with E-state index in [0.29, 0.717) is 73.7 Å². The Morgan fingerprint density at radius 1 is 1.00 bits per heavy atom. The second kappa shape index (κ2) is 17.8. The Bertz CT molecular complexity index is 1680. The monoisotopic (exact) mass is 735 g/mol. The van der Waals surface area contributed by atoms with Crippen molar-refractivity contribution in [2.45, 2.75) is 82.6 Å². The average Bonchev–Trinajstić information content (AvgIpc) is 3.87. The lowest BCUT2D eigenvalue weighted by Gasteiger charge is -2.38. The third kappa shape index (κ3) is 9.39. The first-order valence-corrected chi connectivity index (χ1v) is 18.9. The van der Waals surface area contributed by atoms with Crippen LogP contribution in [-0.2, 0) is 20.8 Å². The summed E-state index contributed by atoms with van der Waals surface area (Å²) in [5, 5.41) is 13.0. The van der Waals surface area contributed by atoms with E-state index in [9.17, 15) is 0 Å². The number of fused-ring (bicyclic) bond motifs is 2. The van der Waals surface area contributed by atoms with Crippen molar-refractivity contribution < 1.29 is 23.7 Å². The molecule has 4 aromatic rings. The summed E-state index contributed by atoms with van der Waals surface area (Å²) in [6, 6.07) is 7.15. The minimum atomic E-state index is -0.169. The molecule has 52 heavy (non-hydrogen) atoms. The molecule has 1 N–H and O–H groups in total.